The minimum Gasteiger partial charge on any atom is -0.480 e. The standard InChI is InChI=1S/C6H10N2O3/c7-6(11)8-3-1-2-4(8)5(9)10/h4H,1-3H2,(H2,7,11)(H,9,10)/t4-/m0/s1/i6+1. The summed E-state index contributed by atoms with van der Waals surface area (Å²) in [5.41, 5.74) is 4.95. The van der Waals surface area contributed by atoms with Crippen molar-refractivity contribution in [3.8, 4) is 0 Å². The topological polar surface area (TPSA) is 83.6 Å². The molecular weight excluding hydrogens is 149 g/mol. The summed E-state index contributed by atoms with van der Waals surface area (Å²) in [4.78, 5) is 22.3. The predicted molar refractivity (Wildman–Crippen MR) is 36.9 cm³/mol. The van der Waals surface area contributed by atoms with E-state index in [1.807, 2.05) is 0 Å². The highest BCUT2D eigenvalue weighted by Gasteiger charge is 2.32. The fraction of sp³-hybridized carbons (Fsp3) is 0.667. The normalized spacial score (nSPS) is 23.6. The monoisotopic (exact) mass is 159 g/mol. The van der Waals surface area contributed by atoms with Crippen LogP contribution in [-0.2, 0) is 4.79 Å². The lowest BCUT2D eigenvalue weighted by Crippen LogP contribution is -2.43. The Morgan fingerprint density at radius 2 is 2.18 bits per heavy atom. The number of nitrogens with two attached hydrogens (primary N) is 1. The lowest BCUT2D eigenvalue weighted by molar-refractivity contribution is -0.141. The molecule has 1 atom stereocenters. The Morgan fingerprint density at radius 1 is 1.55 bits per heavy atom. The van der Waals surface area contributed by atoms with Crippen LogP contribution in [0.15, 0.2) is 0 Å². The second-order valence-corrected chi connectivity index (χ2v) is 2.53. The van der Waals surface area contributed by atoms with Crippen LogP contribution in [0.3, 0.4) is 0 Å². The fourth-order valence-electron chi connectivity index (χ4n) is 1.29. The highest BCUT2D eigenvalue weighted by atomic mass is 16.4. The number of aliphatic carboxylic acids is 1. The van der Waals surface area contributed by atoms with Crippen LogP contribution in [0.25, 0.3) is 0 Å². The summed E-state index contributed by atoms with van der Waals surface area (Å²) in [5.74, 6) is -0.971. The quantitative estimate of drug-likeness (QED) is 0.511. The number of hydrogen-bond acceptors (Lipinski definition) is 2. The molecule has 1 aliphatic heterocycles. The van der Waals surface area contributed by atoms with E-state index in [9.17, 15) is 9.59 Å². The molecule has 5 heteroatoms. The lowest BCUT2D eigenvalue weighted by atomic mass is 10.2. The summed E-state index contributed by atoms with van der Waals surface area (Å²) in [6.07, 6.45) is 1.23. The number of carboxylic acid groups (broad SMARTS) is 1. The Hall–Kier alpha value is -1.26. The molecule has 0 radical (unpaired) electrons. The highest BCUT2D eigenvalue weighted by Crippen LogP contribution is 2.16. The van der Waals surface area contributed by atoms with E-state index in [4.69, 9.17) is 10.8 Å². The first-order valence-electron chi connectivity index (χ1n) is 3.42. The summed E-state index contributed by atoms with van der Waals surface area (Å²) in [6, 6.07) is -1.34. The van der Waals surface area contributed by atoms with Gasteiger partial charge in [0.05, 0.1) is 0 Å². The van der Waals surface area contributed by atoms with Crippen molar-refractivity contribution < 1.29 is 14.7 Å². The van der Waals surface area contributed by atoms with E-state index in [0.717, 1.165) is 6.42 Å². The van der Waals surface area contributed by atoms with E-state index in [1.165, 1.54) is 4.90 Å². The molecule has 1 aliphatic rings. The van der Waals surface area contributed by atoms with Crippen LogP contribution in [-0.4, -0.2) is 34.6 Å². The number of nitrogens with zero attached hydrogens (tertiary/aromatic N) is 1. The summed E-state index contributed by atoms with van der Waals surface area (Å²) >= 11 is 0. The first-order valence-corrected chi connectivity index (χ1v) is 3.42. The summed E-state index contributed by atoms with van der Waals surface area (Å²) in [6.45, 7) is 0.465. The molecule has 0 aromatic heterocycles. The third-order valence-electron chi connectivity index (χ3n) is 1.82. The van der Waals surface area contributed by atoms with Crippen LogP contribution in [0.1, 0.15) is 12.8 Å². The Kier molecular flexibility index (Phi) is 1.98. The molecule has 62 valence electrons. The maximum Gasteiger partial charge on any atom is 0.326 e. The van der Waals surface area contributed by atoms with Crippen molar-refractivity contribution in [2.24, 2.45) is 5.73 Å². The van der Waals surface area contributed by atoms with Gasteiger partial charge in [0.25, 0.3) is 0 Å². The van der Waals surface area contributed by atoms with E-state index in [2.05, 4.69) is 0 Å². The lowest BCUT2D eigenvalue weighted by Gasteiger charge is -2.17. The number of carbonyl (C=O) groups is 2. The molecule has 0 aromatic rings. The number of amides is 2. The third kappa shape index (κ3) is 1.42. The maximum absolute atomic E-state index is 10.6. The second kappa shape index (κ2) is 2.77. The van der Waals surface area contributed by atoms with Gasteiger partial charge in [-0.25, -0.2) is 9.59 Å². The van der Waals surface area contributed by atoms with E-state index >= 15 is 0 Å². The fourth-order valence-corrected chi connectivity index (χ4v) is 1.29. The molecule has 2 amide bonds. The van der Waals surface area contributed by atoms with Gasteiger partial charge < -0.3 is 15.7 Å². The predicted octanol–water partition coefficient (Wildman–Crippen LogP) is -0.386. The van der Waals surface area contributed by atoms with Crippen molar-refractivity contribution in [2.75, 3.05) is 6.54 Å². The molecule has 1 heterocycles. The third-order valence-corrected chi connectivity index (χ3v) is 1.82. The first kappa shape index (κ1) is 7.84. The minimum absolute atomic E-state index is 0.465. The molecule has 3 N–H and O–H groups in total. The van der Waals surface area contributed by atoms with Gasteiger partial charge in [-0.05, 0) is 12.8 Å². The highest BCUT2D eigenvalue weighted by molar-refractivity contribution is 5.82. The first-order chi connectivity index (χ1) is 5.13. The van der Waals surface area contributed by atoms with Gasteiger partial charge in [0.1, 0.15) is 6.04 Å². The Bertz CT molecular complexity index is 172. The molecule has 0 unspecified atom stereocenters. The van der Waals surface area contributed by atoms with Gasteiger partial charge in [-0.1, -0.05) is 0 Å². The SMILES string of the molecule is N[13C](=O)N1CCC[C@H]1C(=O)O. The molecule has 5 nitrogen and oxygen atoms in total. The zero-order chi connectivity index (χ0) is 8.43. The molecule has 0 saturated carbocycles. The van der Waals surface area contributed by atoms with Gasteiger partial charge in [-0.15, -0.1) is 0 Å². The number of likely N-dealkylation sites (tertiary alicyclic amines) is 1. The van der Waals surface area contributed by atoms with Gasteiger partial charge in [-0.3, -0.25) is 0 Å². The Balaban J connectivity index is 2.65. The van der Waals surface area contributed by atoms with Crippen LogP contribution in [0.5, 0.6) is 0 Å². The van der Waals surface area contributed by atoms with Crippen molar-refractivity contribution >= 4 is 12.0 Å². The van der Waals surface area contributed by atoms with E-state index in [0.29, 0.717) is 13.0 Å². The van der Waals surface area contributed by atoms with Crippen molar-refractivity contribution in [3.63, 3.8) is 0 Å². The number of urea groups is 1. The van der Waals surface area contributed by atoms with Gasteiger partial charge in [-0.2, -0.15) is 0 Å². The van der Waals surface area contributed by atoms with Crippen LogP contribution in [0, 0.1) is 0 Å². The van der Waals surface area contributed by atoms with Crippen LogP contribution >= 0.6 is 0 Å². The van der Waals surface area contributed by atoms with Crippen molar-refractivity contribution in [1.29, 1.82) is 0 Å². The summed E-state index contributed by atoms with van der Waals surface area (Å²) < 4.78 is 0. The van der Waals surface area contributed by atoms with Crippen molar-refractivity contribution in [1.82, 2.24) is 4.90 Å². The molecule has 0 aliphatic carbocycles. The van der Waals surface area contributed by atoms with Gasteiger partial charge in [0, 0.05) is 6.54 Å². The molecule has 11 heavy (non-hydrogen) atoms. The summed E-state index contributed by atoms with van der Waals surface area (Å²) in [5, 5.41) is 8.58. The smallest absolute Gasteiger partial charge is 0.326 e. The van der Waals surface area contributed by atoms with Crippen LogP contribution in [0.4, 0.5) is 4.79 Å². The summed E-state index contributed by atoms with van der Waals surface area (Å²) in [7, 11) is 0. The second-order valence-electron chi connectivity index (χ2n) is 2.53. The number of carbonyl (C=O) groups excluding carboxylic acids is 1. The number of hydrogen-bond donors (Lipinski definition) is 2. The zero-order valence-corrected chi connectivity index (χ0v) is 5.99. The minimum atomic E-state index is -0.971. The molecule has 0 bridgehead atoms. The molecular formula is C6H10N2O3. The Labute approximate surface area is 63.8 Å². The van der Waals surface area contributed by atoms with E-state index < -0.39 is 18.0 Å². The molecule has 0 aromatic carbocycles. The van der Waals surface area contributed by atoms with Crippen molar-refractivity contribution in [2.45, 2.75) is 18.9 Å². The maximum atomic E-state index is 10.6. The molecule has 1 saturated heterocycles. The van der Waals surface area contributed by atoms with Gasteiger partial charge in [0.2, 0.25) is 0 Å². The van der Waals surface area contributed by atoms with Crippen LogP contribution in [0.2, 0.25) is 0 Å². The molecule has 0 spiro atoms. The largest absolute Gasteiger partial charge is 0.480 e. The average Bonchev–Trinajstić information content (AvgIpc) is 2.32. The molecule has 1 rings (SSSR count). The van der Waals surface area contributed by atoms with Gasteiger partial charge >= 0.3 is 12.0 Å². The molecule has 1 fully saturated rings. The number of rotatable bonds is 1. The number of carboxylic acids is 1. The van der Waals surface area contributed by atoms with E-state index in [1.54, 1.807) is 0 Å². The zero-order valence-electron chi connectivity index (χ0n) is 5.99. The Morgan fingerprint density at radius 3 is 2.55 bits per heavy atom. The van der Waals surface area contributed by atoms with E-state index in [-0.39, 0.29) is 0 Å². The van der Waals surface area contributed by atoms with Crippen molar-refractivity contribution in [3.05, 3.63) is 0 Å². The number of primary amides is 1. The average molecular weight is 159 g/mol. The van der Waals surface area contributed by atoms with Gasteiger partial charge in [0.15, 0.2) is 0 Å². The van der Waals surface area contributed by atoms with Crippen LogP contribution < -0.4 is 5.73 Å².